The number of carboxylic acid groups (broad SMARTS) is 1. The molecule has 2 N–H and O–H groups in total. The highest BCUT2D eigenvalue weighted by molar-refractivity contribution is 5.67. The molecule has 0 fully saturated rings. The Hall–Kier alpha value is -1.26. The van der Waals surface area contributed by atoms with E-state index in [0.717, 1.165) is 6.42 Å². The number of rotatable bonds is 7. The number of alkyl carbamates (subject to hydrolysis) is 1. The summed E-state index contributed by atoms with van der Waals surface area (Å²) in [5, 5.41) is 11.4. The van der Waals surface area contributed by atoms with Crippen LogP contribution in [0.4, 0.5) is 4.79 Å². The molecule has 0 spiro atoms. The van der Waals surface area contributed by atoms with Crippen molar-refractivity contribution in [3.8, 4) is 0 Å². The van der Waals surface area contributed by atoms with Crippen molar-refractivity contribution in [1.29, 1.82) is 0 Å². The van der Waals surface area contributed by atoms with E-state index in [1.807, 2.05) is 0 Å². The molecule has 1 amide bonds. The van der Waals surface area contributed by atoms with E-state index in [2.05, 4.69) is 26.1 Å². The molecule has 0 aliphatic rings. The minimum atomic E-state index is -0.775. The maximum Gasteiger partial charge on any atom is 0.407 e. The van der Waals surface area contributed by atoms with Crippen molar-refractivity contribution < 1.29 is 19.4 Å². The van der Waals surface area contributed by atoms with Crippen LogP contribution in [0, 0.1) is 11.3 Å². The average molecular weight is 259 g/mol. The fourth-order valence-corrected chi connectivity index (χ4v) is 1.84. The molecule has 0 saturated heterocycles. The summed E-state index contributed by atoms with van der Waals surface area (Å²) in [5.74, 6) is -0.516. The van der Waals surface area contributed by atoms with Gasteiger partial charge in [0, 0.05) is 13.0 Å². The van der Waals surface area contributed by atoms with Crippen molar-refractivity contribution >= 4 is 12.1 Å². The van der Waals surface area contributed by atoms with Gasteiger partial charge in [-0.15, -0.1) is 0 Å². The minimum Gasteiger partial charge on any atom is -0.481 e. The SMILES string of the molecule is CCOC(=O)NCCC(CCC(=O)O)C(C)(C)C. The summed E-state index contributed by atoms with van der Waals surface area (Å²) in [6.45, 7) is 8.88. The lowest BCUT2D eigenvalue weighted by Gasteiger charge is -2.30. The molecule has 0 radical (unpaired) electrons. The molecule has 0 aliphatic carbocycles. The van der Waals surface area contributed by atoms with Crippen molar-refractivity contribution in [2.75, 3.05) is 13.2 Å². The van der Waals surface area contributed by atoms with E-state index < -0.39 is 12.1 Å². The summed E-state index contributed by atoms with van der Waals surface area (Å²) in [4.78, 5) is 21.7. The number of ether oxygens (including phenoxy) is 1. The van der Waals surface area contributed by atoms with Crippen molar-refractivity contribution in [1.82, 2.24) is 5.32 Å². The molecule has 106 valence electrons. The number of aliphatic carboxylic acids is 1. The fourth-order valence-electron chi connectivity index (χ4n) is 1.84. The third-order valence-corrected chi connectivity index (χ3v) is 2.97. The van der Waals surface area contributed by atoms with Crippen LogP contribution in [0.5, 0.6) is 0 Å². The number of amides is 1. The van der Waals surface area contributed by atoms with E-state index in [-0.39, 0.29) is 17.8 Å². The Morgan fingerprint density at radius 1 is 1.28 bits per heavy atom. The topological polar surface area (TPSA) is 75.6 Å². The summed E-state index contributed by atoms with van der Waals surface area (Å²) < 4.78 is 4.76. The zero-order valence-electron chi connectivity index (χ0n) is 11.8. The predicted octanol–water partition coefficient (Wildman–Crippen LogP) is 2.65. The Morgan fingerprint density at radius 3 is 2.33 bits per heavy atom. The quantitative estimate of drug-likeness (QED) is 0.737. The number of carbonyl (C=O) groups excluding carboxylic acids is 1. The molecule has 0 heterocycles. The number of nitrogens with one attached hydrogen (secondary N) is 1. The van der Waals surface area contributed by atoms with Crippen molar-refractivity contribution in [2.45, 2.75) is 47.0 Å². The van der Waals surface area contributed by atoms with Crippen LogP contribution in [0.1, 0.15) is 47.0 Å². The molecule has 1 unspecified atom stereocenters. The summed E-state index contributed by atoms with van der Waals surface area (Å²) in [6, 6.07) is 0. The Labute approximate surface area is 109 Å². The number of hydrogen-bond donors (Lipinski definition) is 2. The van der Waals surface area contributed by atoms with Gasteiger partial charge in [0.15, 0.2) is 0 Å². The van der Waals surface area contributed by atoms with Crippen LogP contribution in [-0.4, -0.2) is 30.3 Å². The zero-order valence-corrected chi connectivity index (χ0v) is 11.8. The normalized spacial score (nSPS) is 12.9. The highest BCUT2D eigenvalue weighted by Gasteiger charge is 2.24. The van der Waals surface area contributed by atoms with Gasteiger partial charge in [0.05, 0.1) is 6.61 Å². The smallest absolute Gasteiger partial charge is 0.407 e. The first-order valence-corrected chi connectivity index (χ1v) is 6.39. The van der Waals surface area contributed by atoms with Crippen LogP contribution in [0.2, 0.25) is 0 Å². The maximum atomic E-state index is 11.1. The summed E-state index contributed by atoms with van der Waals surface area (Å²) in [6.07, 6.45) is 1.14. The van der Waals surface area contributed by atoms with E-state index in [1.54, 1.807) is 6.92 Å². The van der Waals surface area contributed by atoms with Crippen LogP contribution in [0.25, 0.3) is 0 Å². The highest BCUT2D eigenvalue weighted by Crippen LogP contribution is 2.32. The first kappa shape index (κ1) is 16.7. The Morgan fingerprint density at radius 2 is 1.89 bits per heavy atom. The first-order valence-electron chi connectivity index (χ1n) is 6.39. The van der Waals surface area contributed by atoms with Gasteiger partial charge < -0.3 is 15.2 Å². The Bertz CT molecular complexity index is 271. The molecule has 0 aliphatic heterocycles. The lowest BCUT2D eigenvalue weighted by Crippen LogP contribution is -2.30. The summed E-state index contributed by atoms with van der Waals surface area (Å²) in [7, 11) is 0. The van der Waals surface area contributed by atoms with E-state index in [1.165, 1.54) is 0 Å². The van der Waals surface area contributed by atoms with Gasteiger partial charge >= 0.3 is 12.1 Å². The third-order valence-electron chi connectivity index (χ3n) is 2.97. The maximum absolute atomic E-state index is 11.1. The van der Waals surface area contributed by atoms with Gasteiger partial charge in [-0.2, -0.15) is 0 Å². The molecule has 0 bridgehead atoms. The predicted molar refractivity (Wildman–Crippen MR) is 69.5 cm³/mol. The second kappa shape index (κ2) is 7.95. The first-order chi connectivity index (χ1) is 8.27. The van der Waals surface area contributed by atoms with Gasteiger partial charge in [0.2, 0.25) is 0 Å². The molecule has 0 aromatic rings. The van der Waals surface area contributed by atoms with Gasteiger partial charge in [-0.3, -0.25) is 4.79 Å². The largest absolute Gasteiger partial charge is 0.481 e. The second-order valence-electron chi connectivity index (χ2n) is 5.43. The van der Waals surface area contributed by atoms with Gasteiger partial charge in [0.25, 0.3) is 0 Å². The molecule has 1 atom stereocenters. The van der Waals surface area contributed by atoms with Crippen LogP contribution in [-0.2, 0) is 9.53 Å². The van der Waals surface area contributed by atoms with Gasteiger partial charge in [-0.25, -0.2) is 4.79 Å². The molecular formula is C13H25NO4. The second-order valence-corrected chi connectivity index (χ2v) is 5.43. The Balaban J connectivity index is 4.10. The molecule has 5 heteroatoms. The zero-order chi connectivity index (χ0) is 14.2. The van der Waals surface area contributed by atoms with Crippen molar-refractivity contribution in [3.05, 3.63) is 0 Å². The molecule has 0 rings (SSSR count). The molecular weight excluding hydrogens is 234 g/mol. The van der Waals surface area contributed by atoms with Crippen LogP contribution in [0.15, 0.2) is 0 Å². The van der Waals surface area contributed by atoms with E-state index in [4.69, 9.17) is 9.84 Å². The Kier molecular flexibility index (Phi) is 7.39. The van der Waals surface area contributed by atoms with Gasteiger partial charge in [-0.05, 0) is 31.1 Å². The van der Waals surface area contributed by atoms with Crippen LogP contribution < -0.4 is 5.32 Å². The number of carboxylic acids is 1. The molecule has 0 aromatic carbocycles. The van der Waals surface area contributed by atoms with Crippen LogP contribution in [0.3, 0.4) is 0 Å². The lowest BCUT2D eigenvalue weighted by atomic mass is 9.76. The molecule has 18 heavy (non-hydrogen) atoms. The third kappa shape index (κ3) is 7.92. The highest BCUT2D eigenvalue weighted by atomic mass is 16.5. The molecule has 5 nitrogen and oxygen atoms in total. The van der Waals surface area contributed by atoms with E-state index >= 15 is 0 Å². The van der Waals surface area contributed by atoms with E-state index in [0.29, 0.717) is 19.6 Å². The summed E-state index contributed by atoms with van der Waals surface area (Å²) in [5.41, 5.74) is 0.0335. The van der Waals surface area contributed by atoms with E-state index in [9.17, 15) is 9.59 Å². The average Bonchev–Trinajstić information content (AvgIpc) is 2.21. The van der Waals surface area contributed by atoms with Gasteiger partial charge in [0.1, 0.15) is 0 Å². The monoisotopic (exact) mass is 259 g/mol. The van der Waals surface area contributed by atoms with Crippen LogP contribution >= 0.6 is 0 Å². The minimum absolute atomic E-state index is 0.0335. The number of carbonyl (C=O) groups is 2. The van der Waals surface area contributed by atoms with Crippen molar-refractivity contribution in [2.24, 2.45) is 11.3 Å². The lowest BCUT2D eigenvalue weighted by molar-refractivity contribution is -0.137. The number of hydrogen-bond acceptors (Lipinski definition) is 3. The standard InChI is InChI=1S/C13H25NO4/c1-5-18-12(17)14-9-8-10(13(2,3)4)6-7-11(15)16/h10H,5-9H2,1-4H3,(H,14,17)(H,15,16). The van der Waals surface area contributed by atoms with Gasteiger partial charge in [-0.1, -0.05) is 20.8 Å². The van der Waals surface area contributed by atoms with Crippen molar-refractivity contribution in [3.63, 3.8) is 0 Å². The summed E-state index contributed by atoms with van der Waals surface area (Å²) >= 11 is 0. The molecule has 0 saturated carbocycles. The fraction of sp³-hybridized carbons (Fsp3) is 0.846. The molecule has 0 aromatic heterocycles.